The van der Waals surface area contributed by atoms with Gasteiger partial charge in [0.15, 0.2) is 0 Å². The van der Waals surface area contributed by atoms with E-state index < -0.39 is 0 Å². The van der Waals surface area contributed by atoms with Crippen LogP contribution in [0, 0.1) is 5.92 Å². The van der Waals surface area contributed by atoms with Crippen LogP contribution >= 0.6 is 0 Å². The Hall–Kier alpha value is -1.06. The Morgan fingerprint density at radius 3 is 2.50 bits per heavy atom. The van der Waals surface area contributed by atoms with Crippen molar-refractivity contribution in [2.45, 2.75) is 26.5 Å². The van der Waals surface area contributed by atoms with E-state index in [0.717, 1.165) is 0 Å². The molecule has 0 fully saturated rings. The van der Waals surface area contributed by atoms with Crippen molar-refractivity contribution in [3.8, 4) is 5.75 Å². The molecule has 3 heteroatoms. The fourth-order valence-electron chi connectivity index (χ4n) is 1.37. The molecular weight excluding hydrogens is 178 g/mol. The number of aromatic hydroxyl groups is 1. The highest BCUT2D eigenvalue weighted by molar-refractivity contribution is 5.41. The van der Waals surface area contributed by atoms with Crippen LogP contribution in [0.2, 0.25) is 0 Å². The van der Waals surface area contributed by atoms with Crippen LogP contribution in [-0.2, 0) is 6.61 Å². The van der Waals surface area contributed by atoms with Crippen LogP contribution < -0.4 is 5.73 Å². The van der Waals surface area contributed by atoms with Gasteiger partial charge >= 0.3 is 0 Å². The molecule has 0 aliphatic rings. The molecule has 78 valence electrons. The van der Waals surface area contributed by atoms with Crippen LogP contribution in [0.25, 0.3) is 0 Å². The monoisotopic (exact) mass is 195 g/mol. The predicted octanol–water partition coefficient (Wildman–Crippen LogP) is 1.54. The molecule has 0 amide bonds. The standard InChI is InChI=1S/C11H17NO2/c1-7(2)10(12)9-5-3-4-8(6-13)11(9)14/h3-5,7,10,13-14H,6,12H2,1-2H3/t10-/m1/s1. The van der Waals surface area contributed by atoms with E-state index >= 15 is 0 Å². The van der Waals surface area contributed by atoms with Crippen LogP contribution in [0.5, 0.6) is 5.75 Å². The zero-order chi connectivity index (χ0) is 10.7. The van der Waals surface area contributed by atoms with Gasteiger partial charge in [0.05, 0.1) is 6.61 Å². The summed E-state index contributed by atoms with van der Waals surface area (Å²) < 4.78 is 0. The molecule has 0 saturated heterocycles. The summed E-state index contributed by atoms with van der Waals surface area (Å²) in [4.78, 5) is 0. The van der Waals surface area contributed by atoms with Crippen molar-refractivity contribution in [3.63, 3.8) is 0 Å². The third kappa shape index (κ3) is 2.05. The molecule has 0 aliphatic heterocycles. The summed E-state index contributed by atoms with van der Waals surface area (Å²) in [7, 11) is 0. The summed E-state index contributed by atoms with van der Waals surface area (Å²) in [5.41, 5.74) is 7.15. The number of aliphatic hydroxyl groups is 1. The Labute approximate surface area is 84.2 Å². The molecule has 0 aliphatic carbocycles. The maximum absolute atomic E-state index is 9.77. The summed E-state index contributed by atoms with van der Waals surface area (Å²) in [6.45, 7) is 3.83. The second kappa shape index (κ2) is 4.44. The Kier molecular flexibility index (Phi) is 3.49. The van der Waals surface area contributed by atoms with Crippen LogP contribution in [0.15, 0.2) is 18.2 Å². The Bertz CT molecular complexity index is 310. The lowest BCUT2D eigenvalue weighted by Gasteiger charge is -2.18. The number of para-hydroxylation sites is 1. The van der Waals surface area contributed by atoms with Gasteiger partial charge in [-0.25, -0.2) is 0 Å². The number of hydrogen-bond donors (Lipinski definition) is 3. The molecule has 0 radical (unpaired) electrons. The Morgan fingerprint density at radius 1 is 1.36 bits per heavy atom. The van der Waals surface area contributed by atoms with Crippen LogP contribution in [0.1, 0.15) is 31.0 Å². The zero-order valence-electron chi connectivity index (χ0n) is 8.57. The summed E-state index contributed by atoms with van der Waals surface area (Å²) in [6, 6.07) is 5.08. The van der Waals surface area contributed by atoms with E-state index in [1.54, 1.807) is 18.2 Å². The minimum atomic E-state index is -0.193. The number of benzene rings is 1. The molecular formula is C11H17NO2. The van der Waals surface area contributed by atoms with E-state index in [4.69, 9.17) is 10.8 Å². The van der Waals surface area contributed by atoms with E-state index in [0.29, 0.717) is 11.1 Å². The van der Waals surface area contributed by atoms with Crippen molar-refractivity contribution in [3.05, 3.63) is 29.3 Å². The fraction of sp³-hybridized carbons (Fsp3) is 0.455. The molecule has 1 atom stereocenters. The number of phenols is 1. The normalized spacial score (nSPS) is 13.2. The van der Waals surface area contributed by atoms with E-state index in [1.807, 2.05) is 13.8 Å². The average molecular weight is 195 g/mol. The minimum absolute atomic E-state index is 0.121. The van der Waals surface area contributed by atoms with E-state index in [9.17, 15) is 5.11 Å². The number of hydrogen-bond acceptors (Lipinski definition) is 3. The van der Waals surface area contributed by atoms with Crippen LogP contribution in [-0.4, -0.2) is 10.2 Å². The van der Waals surface area contributed by atoms with Gasteiger partial charge < -0.3 is 15.9 Å². The Balaban J connectivity index is 3.09. The predicted molar refractivity (Wildman–Crippen MR) is 55.8 cm³/mol. The van der Waals surface area contributed by atoms with Gasteiger partial charge in [-0.2, -0.15) is 0 Å². The molecule has 0 bridgehead atoms. The summed E-state index contributed by atoms with van der Waals surface area (Å²) >= 11 is 0. The molecule has 1 aromatic carbocycles. The van der Waals surface area contributed by atoms with E-state index in [-0.39, 0.29) is 24.3 Å². The highest BCUT2D eigenvalue weighted by atomic mass is 16.3. The molecule has 0 spiro atoms. The first kappa shape index (κ1) is 11.0. The number of aliphatic hydroxyl groups excluding tert-OH is 1. The van der Waals surface area contributed by atoms with Crippen LogP contribution in [0.3, 0.4) is 0 Å². The summed E-state index contributed by atoms with van der Waals surface area (Å²) in [6.07, 6.45) is 0. The zero-order valence-corrected chi connectivity index (χ0v) is 8.57. The molecule has 0 unspecified atom stereocenters. The first-order valence-electron chi connectivity index (χ1n) is 4.75. The smallest absolute Gasteiger partial charge is 0.125 e. The van der Waals surface area contributed by atoms with Gasteiger partial charge in [0.1, 0.15) is 5.75 Å². The molecule has 0 saturated carbocycles. The molecule has 0 heterocycles. The van der Waals surface area contributed by atoms with Gasteiger partial charge in [-0.15, -0.1) is 0 Å². The van der Waals surface area contributed by atoms with Crippen molar-refractivity contribution >= 4 is 0 Å². The molecule has 0 aromatic heterocycles. The van der Waals surface area contributed by atoms with Gasteiger partial charge in [-0.05, 0) is 5.92 Å². The first-order chi connectivity index (χ1) is 6.57. The molecule has 1 aromatic rings. The molecule has 3 nitrogen and oxygen atoms in total. The highest BCUT2D eigenvalue weighted by Crippen LogP contribution is 2.30. The van der Waals surface area contributed by atoms with Gasteiger partial charge in [0, 0.05) is 17.2 Å². The second-order valence-corrected chi connectivity index (χ2v) is 3.78. The largest absolute Gasteiger partial charge is 0.507 e. The topological polar surface area (TPSA) is 66.5 Å². The van der Waals surface area contributed by atoms with Gasteiger partial charge in [-0.3, -0.25) is 0 Å². The third-order valence-electron chi connectivity index (χ3n) is 2.40. The lowest BCUT2D eigenvalue weighted by molar-refractivity contribution is 0.274. The van der Waals surface area contributed by atoms with Crippen molar-refractivity contribution in [1.82, 2.24) is 0 Å². The van der Waals surface area contributed by atoms with E-state index in [1.165, 1.54) is 0 Å². The Morgan fingerprint density at radius 2 is 2.00 bits per heavy atom. The lowest BCUT2D eigenvalue weighted by atomic mass is 9.94. The second-order valence-electron chi connectivity index (χ2n) is 3.78. The highest BCUT2D eigenvalue weighted by Gasteiger charge is 2.15. The number of nitrogens with two attached hydrogens (primary N) is 1. The van der Waals surface area contributed by atoms with Crippen molar-refractivity contribution < 1.29 is 10.2 Å². The van der Waals surface area contributed by atoms with Crippen LogP contribution in [0.4, 0.5) is 0 Å². The SMILES string of the molecule is CC(C)[C@@H](N)c1cccc(CO)c1O. The van der Waals surface area contributed by atoms with Crippen molar-refractivity contribution in [2.75, 3.05) is 0 Å². The van der Waals surface area contributed by atoms with Crippen molar-refractivity contribution in [1.29, 1.82) is 0 Å². The summed E-state index contributed by atoms with van der Waals surface area (Å²) in [5.74, 6) is 0.381. The lowest BCUT2D eigenvalue weighted by Crippen LogP contribution is -2.17. The van der Waals surface area contributed by atoms with Gasteiger partial charge in [0.2, 0.25) is 0 Å². The molecule has 1 rings (SSSR count). The minimum Gasteiger partial charge on any atom is -0.507 e. The quantitative estimate of drug-likeness (QED) is 0.685. The third-order valence-corrected chi connectivity index (χ3v) is 2.40. The van der Waals surface area contributed by atoms with Gasteiger partial charge in [-0.1, -0.05) is 32.0 Å². The number of rotatable bonds is 3. The first-order valence-corrected chi connectivity index (χ1v) is 4.75. The summed E-state index contributed by atoms with van der Waals surface area (Å²) in [5, 5.41) is 18.7. The van der Waals surface area contributed by atoms with E-state index in [2.05, 4.69) is 0 Å². The molecule has 4 N–H and O–H groups in total. The maximum atomic E-state index is 9.77. The fourth-order valence-corrected chi connectivity index (χ4v) is 1.37. The van der Waals surface area contributed by atoms with Crippen molar-refractivity contribution in [2.24, 2.45) is 11.7 Å². The van der Waals surface area contributed by atoms with Gasteiger partial charge in [0.25, 0.3) is 0 Å². The average Bonchev–Trinajstić information content (AvgIpc) is 2.17. The molecule has 14 heavy (non-hydrogen) atoms. The maximum Gasteiger partial charge on any atom is 0.125 e.